The molecule has 0 saturated carbocycles. The highest BCUT2D eigenvalue weighted by Crippen LogP contribution is 2.19. The van der Waals surface area contributed by atoms with Gasteiger partial charge in [-0.25, -0.2) is 14.8 Å². The monoisotopic (exact) mass is 306 g/mol. The Hall–Kier alpha value is -1.75. The minimum absolute atomic E-state index is 0.266. The van der Waals surface area contributed by atoms with E-state index in [1.165, 1.54) is 0 Å². The molecule has 0 bridgehead atoms. The number of esters is 1. The van der Waals surface area contributed by atoms with E-state index >= 15 is 0 Å². The first kappa shape index (κ1) is 12.7. The molecule has 0 spiro atoms. The van der Waals surface area contributed by atoms with Crippen molar-refractivity contribution in [1.29, 1.82) is 0 Å². The van der Waals surface area contributed by atoms with Crippen molar-refractivity contribution in [3.05, 3.63) is 46.7 Å². The molecule has 2 aromatic rings. The topological polar surface area (TPSA) is 52.1 Å². The van der Waals surface area contributed by atoms with Crippen molar-refractivity contribution in [3.63, 3.8) is 0 Å². The molecule has 1 aromatic heterocycles. The lowest BCUT2D eigenvalue weighted by Gasteiger charge is -2.04. The second-order valence-electron chi connectivity index (χ2n) is 3.50. The van der Waals surface area contributed by atoms with Gasteiger partial charge in [0.1, 0.15) is 0 Å². The maximum absolute atomic E-state index is 11.6. The van der Waals surface area contributed by atoms with E-state index in [1.807, 2.05) is 24.3 Å². The Morgan fingerprint density at radius 2 is 2.22 bits per heavy atom. The summed E-state index contributed by atoms with van der Waals surface area (Å²) in [7, 11) is 0. The molecule has 5 heteroatoms. The van der Waals surface area contributed by atoms with Crippen LogP contribution in [0.1, 0.15) is 17.4 Å². The molecule has 0 amide bonds. The van der Waals surface area contributed by atoms with Crippen molar-refractivity contribution in [1.82, 2.24) is 9.97 Å². The maximum atomic E-state index is 11.6. The SMILES string of the molecule is CCOC(=O)c1ccnc(-c2cccc(Br)c2)n1. The molecule has 1 aromatic carbocycles. The van der Waals surface area contributed by atoms with Crippen LogP contribution in [0.2, 0.25) is 0 Å². The normalized spacial score (nSPS) is 10.1. The number of carbonyl (C=O) groups excluding carboxylic acids is 1. The van der Waals surface area contributed by atoms with Gasteiger partial charge in [-0.2, -0.15) is 0 Å². The summed E-state index contributed by atoms with van der Waals surface area (Å²) in [4.78, 5) is 19.9. The van der Waals surface area contributed by atoms with Crippen molar-refractivity contribution in [3.8, 4) is 11.4 Å². The molecule has 0 atom stereocenters. The van der Waals surface area contributed by atoms with Gasteiger partial charge in [0.25, 0.3) is 0 Å². The van der Waals surface area contributed by atoms with E-state index in [4.69, 9.17) is 4.74 Å². The summed E-state index contributed by atoms with van der Waals surface area (Å²) in [6, 6.07) is 9.12. The molecule has 4 nitrogen and oxygen atoms in total. The van der Waals surface area contributed by atoms with E-state index in [0.29, 0.717) is 12.4 Å². The average molecular weight is 307 g/mol. The van der Waals surface area contributed by atoms with Gasteiger partial charge in [-0.1, -0.05) is 28.1 Å². The Kier molecular flexibility index (Phi) is 4.04. The van der Waals surface area contributed by atoms with Gasteiger partial charge in [0.05, 0.1) is 6.61 Å². The van der Waals surface area contributed by atoms with E-state index in [1.54, 1.807) is 19.2 Å². The zero-order valence-electron chi connectivity index (χ0n) is 9.76. The largest absolute Gasteiger partial charge is 0.461 e. The zero-order chi connectivity index (χ0) is 13.0. The molecule has 2 rings (SSSR count). The second kappa shape index (κ2) is 5.73. The summed E-state index contributed by atoms with van der Waals surface area (Å²) >= 11 is 3.38. The van der Waals surface area contributed by atoms with E-state index in [9.17, 15) is 4.79 Å². The third-order valence-electron chi connectivity index (χ3n) is 2.22. The third-order valence-corrected chi connectivity index (χ3v) is 2.72. The fourth-order valence-electron chi connectivity index (χ4n) is 1.44. The number of rotatable bonds is 3. The van der Waals surface area contributed by atoms with Gasteiger partial charge in [0, 0.05) is 16.2 Å². The molecule has 92 valence electrons. The molecule has 0 N–H and O–H groups in total. The molecule has 0 fully saturated rings. The number of benzene rings is 1. The highest BCUT2D eigenvalue weighted by molar-refractivity contribution is 9.10. The predicted molar refractivity (Wildman–Crippen MR) is 71.1 cm³/mol. The van der Waals surface area contributed by atoms with Gasteiger partial charge in [0.2, 0.25) is 0 Å². The highest BCUT2D eigenvalue weighted by Gasteiger charge is 2.10. The summed E-state index contributed by atoms with van der Waals surface area (Å²) in [6.07, 6.45) is 1.55. The van der Waals surface area contributed by atoms with Crippen LogP contribution in [-0.2, 0) is 4.74 Å². The Bertz CT molecular complexity index is 572. The summed E-state index contributed by atoms with van der Waals surface area (Å²) in [5.41, 5.74) is 1.11. The van der Waals surface area contributed by atoms with Crippen LogP contribution in [-0.4, -0.2) is 22.5 Å². The van der Waals surface area contributed by atoms with Crippen molar-refractivity contribution in [2.45, 2.75) is 6.92 Å². The maximum Gasteiger partial charge on any atom is 0.357 e. The molecule has 0 aliphatic rings. The molecule has 1 heterocycles. The Balaban J connectivity index is 2.35. The van der Waals surface area contributed by atoms with E-state index in [2.05, 4.69) is 25.9 Å². The number of carbonyl (C=O) groups is 1. The van der Waals surface area contributed by atoms with Crippen LogP contribution in [0.4, 0.5) is 0 Å². The summed E-state index contributed by atoms with van der Waals surface area (Å²) < 4.78 is 5.84. The molecular weight excluding hydrogens is 296 g/mol. The number of halogens is 1. The van der Waals surface area contributed by atoms with Gasteiger partial charge in [-0.15, -0.1) is 0 Å². The Morgan fingerprint density at radius 1 is 1.39 bits per heavy atom. The first-order valence-electron chi connectivity index (χ1n) is 5.47. The first-order chi connectivity index (χ1) is 8.70. The van der Waals surface area contributed by atoms with Crippen LogP contribution in [0.3, 0.4) is 0 Å². The van der Waals surface area contributed by atoms with Crippen LogP contribution in [0.5, 0.6) is 0 Å². The van der Waals surface area contributed by atoms with Gasteiger partial charge in [-0.3, -0.25) is 0 Å². The molecule has 0 saturated heterocycles. The number of aromatic nitrogens is 2. The van der Waals surface area contributed by atoms with Gasteiger partial charge >= 0.3 is 5.97 Å². The van der Waals surface area contributed by atoms with Gasteiger partial charge < -0.3 is 4.74 Å². The lowest BCUT2D eigenvalue weighted by Crippen LogP contribution is -2.08. The molecule has 0 aliphatic heterocycles. The number of nitrogens with zero attached hydrogens (tertiary/aromatic N) is 2. The lowest BCUT2D eigenvalue weighted by atomic mass is 10.2. The number of hydrogen-bond donors (Lipinski definition) is 0. The molecule has 0 unspecified atom stereocenters. The molecule has 18 heavy (non-hydrogen) atoms. The van der Waals surface area contributed by atoms with Crippen LogP contribution >= 0.6 is 15.9 Å². The van der Waals surface area contributed by atoms with Crippen LogP contribution in [0.25, 0.3) is 11.4 Å². The molecular formula is C13H11BrN2O2. The quantitative estimate of drug-likeness (QED) is 0.818. The summed E-state index contributed by atoms with van der Waals surface area (Å²) in [5.74, 6) is 0.0676. The predicted octanol–water partition coefficient (Wildman–Crippen LogP) is 3.08. The molecule has 0 aliphatic carbocycles. The fourth-order valence-corrected chi connectivity index (χ4v) is 1.84. The van der Waals surface area contributed by atoms with Crippen LogP contribution < -0.4 is 0 Å². The lowest BCUT2D eigenvalue weighted by molar-refractivity contribution is 0.0519. The second-order valence-corrected chi connectivity index (χ2v) is 4.41. The number of ether oxygens (including phenoxy) is 1. The highest BCUT2D eigenvalue weighted by atomic mass is 79.9. The van der Waals surface area contributed by atoms with E-state index < -0.39 is 5.97 Å². The van der Waals surface area contributed by atoms with Gasteiger partial charge in [0.15, 0.2) is 11.5 Å². The van der Waals surface area contributed by atoms with E-state index in [0.717, 1.165) is 10.0 Å². The van der Waals surface area contributed by atoms with Gasteiger partial charge in [-0.05, 0) is 25.1 Å². The van der Waals surface area contributed by atoms with Crippen molar-refractivity contribution in [2.24, 2.45) is 0 Å². The minimum atomic E-state index is -0.434. The summed E-state index contributed by atoms with van der Waals surface area (Å²) in [5, 5.41) is 0. The smallest absolute Gasteiger partial charge is 0.357 e. The minimum Gasteiger partial charge on any atom is -0.461 e. The zero-order valence-corrected chi connectivity index (χ0v) is 11.3. The first-order valence-corrected chi connectivity index (χ1v) is 6.26. The van der Waals surface area contributed by atoms with Crippen molar-refractivity contribution < 1.29 is 9.53 Å². The van der Waals surface area contributed by atoms with Crippen LogP contribution in [0, 0.1) is 0 Å². The summed E-state index contributed by atoms with van der Waals surface area (Å²) in [6.45, 7) is 2.09. The van der Waals surface area contributed by atoms with Crippen molar-refractivity contribution in [2.75, 3.05) is 6.61 Å². The molecule has 0 radical (unpaired) electrons. The fraction of sp³-hybridized carbons (Fsp3) is 0.154. The average Bonchev–Trinajstić information content (AvgIpc) is 2.39. The Labute approximate surface area is 113 Å². The van der Waals surface area contributed by atoms with Crippen molar-refractivity contribution >= 4 is 21.9 Å². The van der Waals surface area contributed by atoms with Crippen LogP contribution in [0.15, 0.2) is 41.0 Å². The Morgan fingerprint density at radius 3 is 2.94 bits per heavy atom. The third kappa shape index (κ3) is 2.92. The van der Waals surface area contributed by atoms with E-state index in [-0.39, 0.29) is 5.69 Å². The standard InChI is InChI=1S/C13H11BrN2O2/c1-2-18-13(17)11-6-7-15-12(16-11)9-4-3-5-10(14)8-9/h3-8H,2H2,1H3. The number of hydrogen-bond acceptors (Lipinski definition) is 4.